The van der Waals surface area contributed by atoms with Crippen LogP contribution < -0.4 is 5.32 Å². The van der Waals surface area contributed by atoms with Crippen LogP contribution in [-0.4, -0.2) is 87.5 Å². The Balaban J connectivity index is 1.46. The highest BCUT2D eigenvalue weighted by Crippen LogP contribution is 2.26. The van der Waals surface area contributed by atoms with E-state index in [1.54, 1.807) is 41.6 Å². The number of sulfone groups is 1. The van der Waals surface area contributed by atoms with Crippen LogP contribution in [0.1, 0.15) is 11.1 Å². The molecule has 10 nitrogen and oxygen atoms in total. The number of aliphatic hydroxyl groups excluding tert-OH is 4. The zero-order valence-corrected chi connectivity index (χ0v) is 20.6. The topological polar surface area (TPSA) is 156 Å². The summed E-state index contributed by atoms with van der Waals surface area (Å²) in [5.74, 6) is 0.428. The van der Waals surface area contributed by atoms with Gasteiger partial charge in [0, 0.05) is 49.5 Å². The fourth-order valence-corrected chi connectivity index (χ4v) is 4.94. The van der Waals surface area contributed by atoms with E-state index < -0.39 is 34.2 Å². The van der Waals surface area contributed by atoms with E-state index in [-0.39, 0.29) is 18.0 Å². The lowest BCUT2D eigenvalue weighted by molar-refractivity contribution is -0.147. The number of β-amino-alcohol motifs (C(OH)–C–C–N with tert-alkyl or cyclic N) is 1. The van der Waals surface area contributed by atoms with Crippen molar-refractivity contribution in [1.29, 1.82) is 0 Å². The second-order valence-electron chi connectivity index (χ2n) is 8.99. The van der Waals surface area contributed by atoms with Crippen LogP contribution in [0.2, 0.25) is 0 Å². The van der Waals surface area contributed by atoms with Crippen molar-refractivity contribution in [2.24, 2.45) is 0 Å². The molecule has 5 N–H and O–H groups in total. The number of nitrogens with one attached hydrogen (secondary N) is 1. The number of aliphatic hydroxyl groups is 4. The van der Waals surface area contributed by atoms with Crippen molar-refractivity contribution in [1.82, 2.24) is 14.9 Å². The largest absolute Gasteiger partial charge is 0.395 e. The Kier molecular flexibility index (Phi) is 7.98. The molecular formula is C25H30N4O6S. The van der Waals surface area contributed by atoms with E-state index in [0.717, 1.165) is 17.4 Å². The van der Waals surface area contributed by atoms with Gasteiger partial charge in [0.2, 0.25) is 0 Å². The normalized spacial score (nSPS) is 22.9. The molecule has 11 heteroatoms. The predicted octanol–water partition coefficient (Wildman–Crippen LogP) is 0.418. The molecule has 4 rings (SSSR count). The van der Waals surface area contributed by atoms with Crippen LogP contribution >= 0.6 is 0 Å². The Morgan fingerprint density at radius 3 is 2.31 bits per heavy atom. The highest BCUT2D eigenvalue weighted by atomic mass is 32.2. The SMILES string of the molecule is CS(=O)(=O)c1cc(NCc2ccc(CN3C[C@H](O)[C@@H](O)[C@H](O)[C@H]3CO)cc2)cc(-c2ncccn2)c1. The maximum absolute atomic E-state index is 12.2. The Morgan fingerprint density at radius 1 is 1.00 bits per heavy atom. The lowest BCUT2D eigenvalue weighted by atomic mass is 9.93. The third-order valence-corrected chi connectivity index (χ3v) is 7.37. The maximum Gasteiger partial charge on any atom is 0.175 e. The van der Waals surface area contributed by atoms with Gasteiger partial charge >= 0.3 is 0 Å². The molecule has 4 atom stereocenters. The van der Waals surface area contributed by atoms with Crippen molar-refractivity contribution in [3.05, 3.63) is 72.1 Å². The third kappa shape index (κ3) is 6.06. The van der Waals surface area contributed by atoms with Crippen LogP contribution in [0.15, 0.2) is 65.8 Å². The molecule has 1 aliphatic rings. The first-order chi connectivity index (χ1) is 17.2. The number of likely N-dealkylation sites (tertiary alicyclic amines) is 1. The van der Waals surface area contributed by atoms with Crippen molar-refractivity contribution in [3.63, 3.8) is 0 Å². The third-order valence-electron chi connectivity index (χ3n) is 6.28. The van der Waals surface area contributed by atoms with Crippen LogP contribution in [0.4, 0.5) is 5.69 Å². The van der Waals surface area contributed by atoms with Gasteiger partial charge in [0.15, 0.2) is 15.7 Å². The van der Waals surface area contributed by atoms with E-state index in [2.05, 4.69) is 15.3 Å². The van der Waals surface area contributed by atoms with Gasteiger partial charge in [-0.25, -0.2) is 18.4 Å². The molecule has 0 radical (unpaired) electrons. The minimum absolute atomic E-state index is 0.136. The standard InChI is InChI=1S/C25H30N4O6S/c1-36(34,35)20-10-18(25-26-7-2-8-27-25)9-19(11-20)28-12-16-3-5-17(6-4-16)13-29-14-22(31)24(33)23(32)21(29)15-30/h2-11,21-24,28,30-33H,12-15H2,1H3/t21-,22+,23-,24-/m1/s1. The molecule has 0 amide bonds. The fourth-order valence-electron chi connectivity index (χ4n) is 4.25. The van der Waals surface area contributed by atoms with Crippen molar-refractivity contribution < 1.29 is 28.8 Å². The van der Waals surface area contributed by atoms with Gasteiger partial charge in [-0.3, -0.25) is 4.90 Å². The van der Waals surface area contributed by atoms with Gasteiger partial charge < -0.3 is 25.7 Å². The van der Waals surface area contributed by atoms with Gasteiger partial charge in [-0.05, 0) is 35.4 Å². The average Bonchev–Trinajstić information content (AvgIpc) is 2.87. The number of aromatic nitrogens is 2. The molecule has 1 aromatic heterocycles. The summed E-state index contributed by atoms with van der Waals surface area (Å²) in [6.45, 7) is 0.623. The van der Waals surface area contributed by atoms with Crippen molar-refractivity contribution in [3.8, 4) is 11.4 Å². The summed E-state index contributed by atoms with van der Waals surface area (Å²) >= 11 is 0. The minimum Gasteiger partial charge on any atom is -0.395 e. The number of anilines is 1. The smallest absolute Gasteiger partial charge is 0.175 e. The van der Waals surface area contributed by atoms with Gasteiger partial charge in [0.05, 0.1) is 23.6 Å². The molecule has 0 spiro atoms. The summed E-state index contributed by atoms with van der Waals surface area (Å²) in [6, 6.07) is 13.6. The first-order valence-corrected chi connectivity index (χ1v) is 13.4. The lowest BCUT2D eigenvalue weighted by Crippen LogP contribution is -2.62. The summed E-state index contributed by atoms with van der Waals surface area (Å²) in [7, 11) is -3.45. The molecule has 1 fully saturated rings. The van der Waals surface area contributed by atoms with Gasteiger partial charge in [-0.1, -0.05) is 24.3 Å². The number of hydrogen-bond acceptors (Lipinski definition) is 10. The predicted molar refractivity (Wildman–Crippen MR) is 134 cm³/mol. The van der Waals surface area contributed by atoms with Crippen molar-refractivity contribution in [2.75, 3.05) is 24.7 Å². The molecule has 0 unspecified atom stereocenters. The zero-order valence-electron chi connectivity index (χ0n) is 19.8. The van der Waals surface area contributed by atoms with Gasteiger partial charge in [-0.15, -0.1) is 0 Å². The lowest BCUT2D eigenvalue weighted by Gasteiger charge is -2.43. The monoisotopic (exact) mass is 514 g/mol. The van der Waals surface area contributed by atoms with E-state index in [0.29, 0.717) is 30.2 Å². The highest BCUT2D eigenvalue weighted by molar-refractivity contribution is 7.90. The molecule has 2 heterocycles. The molecule has 0 aliphatic carbocycles. The summed E-state index contributed by atoms with van der Waals surface area (Å²) in [5.41, 5.74) is 3.07. The first kappa shape index (κ1) is 26.1. The van der Waals surface area contributed by atoms with Crippen molar-refractivity contribution in [2.45, 2.75) is 42.3 Å². The van der Waals surface area contributed by atoms with E-state index >= 15 is 0 Å². The molecule has 1 saturated heterocycles. The molecule has 36 heavy (non-hydrogen) atoms. The van der Waals surface area contributed by atoms with Crippen LogP contribution in [0.3, 0.4) is 0 Å². The molecule has 3 aromatic rings. The summed E-state index contributed by atoms with van der Waals surface area (Å²) < 4.78 is 24.4. The Bertz CT molecular complexity index is 1270. The second kappa shape index (κ2) is 11.0. The van der Waals surface area contributed by atoms with E-state index in [1.807, 2.05) is 24.3 Å². The number of piperidine rings is 1. The molecule has 2 aromatic carbocycles. The van der Waals surface area contributed by atoms with Gasteiger partial charge in [-0.2, -0.15) is 0 Å². The molecule has 192 valence electrons. The summed E-state index contributed by atoms with van der Waals surface area (Å²) in [6.07, 6.45) is 0.724. The fraction of sp³-hybridized carbons (Fsp3) is 0.360. The Labute approximate surface area is 209 Å². The minimum atomic E-state index is -3.45. The quantitative estimate of drug-likeness (QED) is 0.285. The summed E-state index contributed by atoms with van der Waals surface area (Å²) in [5, 5.41) is 43.0. The first-order valence-electron chi connectivity index (χ1n) is 11.5. The Hall–Kier alpha value is -2.93. The van der Waals surface area contributed by atoms with Crippen LogP contribution in [0.25, 0.3) is 11.4 Å². The van der Waals surface area contributed by atoms with Crippen LogP contribution in [0, 0.1) is 0 Å². The average molecular weight is 515 g/mol. The molecule has 0 bridgehead atoms. The number of rotatable bonds is 8. The van der Waals surface area contributed by atoms with Crippen LogP contribution in [-0.2, 0) is 22.9 Å². The van der Waals surface area contributed by atoms with E-state index in [9.17, 15) is 28.8 Å². The zero-order chi connectivity index (χ0) is 25.9. The van der Waals surface area contributed by atoms with Gasteiger partial charge in [0.25, 0.3) is 0 Å². The Morgan fingerprint density at radius 2 is 1.67 bits per heavy atom. The van der Waals surface area contributed by atoms with Crippen LogP contribution in [0.5, 0.6) is 0 Å². The summed E-state index contributed by atoms with van der Waals surface area (Å²) in [4.78, 5) is 10.3. The number of benzene rings is 2. The molecule has 1 aliphatic heterocycles. The van der Waals surface area contributed by atoms with Gasteiger partial charge in [0.1, 0.15) is 12.2 Å². The number of nitrogens with zero attached hydrogens (tertiary/aromatic N) is 3. The maximum atomic E-state index is 12.2. The number of hydrogen-bond donors (Lipinski definition) is 5. The second-order valence-corrected chi connectivity index (χ2v) is 11.0. The molecular weight excluding hydrogens is 484 g/mol. The molecule has 0 saturated carbocycles. The van der Waals surface area contributed by atoms with E-state index in [4.69, 9.17) is 0 Å². The highest BCUT2D eigenvalue weighted by Gasteiger charge is 2.40. The van der Waals surface area contributed by atoms with Crippen molar-refractivity contribution >= 4 is 15.5 Å². The van der Waals surface area contributed by atoms with E-state index in [1.165, 1.54) is 0 Å².